The molecule has 0 bridgehead atoms. The summed E-state index contributed by atoms with van der Waals surface area (Å²) in [6.45, 7) is 0. The van der Waals surface area contributed by atoms with Gasteiger partial charge in [-0.2, -0.15) is 18.2 Å². The maximum Gasteiger partial charge on any atom is 2.00 e. The Hall–Kier alpha value is -1.92. The molecule has 3 aromatic carbocycles. The first-order valence-corrected chi connectivity index (χ1v) is 7.01. The molecule has 0 spiro atoms. The minimum absolute atomic E-state index is 0. The number of aliphatic imine (C=N–C) groups is 1. The molecule has 0 aromatic heterocycles. The summed E-state index contributed by atoms with van der Waals surface area (Å²) in [7, 11) is 0. The van der Waals surface area contributed by atoms with Crippen LogP contribution in [0.1, 0.15) is 16.7 Å². The molecule has 1 aliphatic heterocycles. The molecule has 1 aliphatic carbocycles. The van der Waals surface area contributed by atoms with E-state index >= 15 is 0 Å². The third-order valence-electron chi connectivity index (χ3n) is 3.67. The Morgan fingerprint density at radius 3 is 2.41 bits per heavy atom. The van der Waals surface area contributed by atoms with Crippen LogP contribution < -0.4 is 0 Å². The number of fused-ring (bicyclic) bond motifs is 5. The summed E-state index contributed by atoms with van der Waals surface area (Å²) in [5.74, 6) is 0. The van der Waals surface area contributed by atoms with Crippen LogP contribution >= 0.6 is 0 Å². The van der Waals surface area contributed by atoms with Crippen LogP contribution in [0, 0.1) is 6.07 Å². The van der Waals surface area contributed by atoms with E-state index in [9.17, 15) is 0 Å². The van der Waals surface area contributed by atoms with Crippen molar-refractivity contribution in [2.45, 2.75) is 0 Å². The largest absolute Gasteiger partial charge is 2.00 e. The number of hydrogen-bond acceptors (Lipinski definition) is 1. The van der Waals surface area contributed by atoms with E-state index in [0.29, 0.717) is 0 Å². The Kier molecular flexibility index (Phi) is 4.40. The molecule has 1 nitrogen and oxygen atoms in total. The van der Waals surface area contributed by atoms with Crippen LogP contribution in [0.4, 0.5) is 5.69 Å². The second kappa shape index (κ2) is 6.46. The minimum Gasteiger partial charge on any atom is -0.258 e. The number of rotatable bonds is 0. The molecule has 2 aliphatic rings. The molecule has 22 heavy (non-hydrogen) atoms. The molecule has 0 fully saturated rings. The second-order valence-corrected chi connectivity index (χ2v) is 5.00. The minimum atomic E-state index is 0. The van der Waals surface area contributed by atoms with Crippen LogP contribution in [-0.4, -0.2) is 5.71 Å². The van der Waals surface area contributed by atoms with Gasteiger partial charge >= 0.3 is 26.2 Å². The Labute approximate surface area is 149 Å². The number of hydrogen-bond donors (Lipinski definition) is 0. The Morgan fingerprint density at radius 2 is 1.64 bits per heavy atom. The molecule has 0 saturated heterocycles. The molecule has 0 amide bonds. The fourth-order valence-electron chi connectivity index (χ4n) is 2.70. The monoisotopic (exact) mass is 357 g/mol. The van der Waals surface area contributed by atoms with Crippen molar-refractivity contribution in [1.29, 1.82) is 0 Å². The fraction of sp³-hybridized carbons (Fsp3) is 0. The van der Waals surface area contributed by atoms with E-state index in [-0.39, 0.29) is 26.2 Å². The van der Waals surface area contributed by atoms with Crippen molar-refractivity contribution in [3.05, 3.63) is 95.6 Å². The molecular formula is C20H13NZr. The number of nitrogens with zero attached hydrogens (tertiary/aromatic N) is 1. The maximum atomic E-state index is 4.68. The van der Waals surface area contributed by atoms with E-state index in [4.69, 9.17) is 0 Å². The van der Waals surface area contributed by atoms with Crippen molar-refractivity contribution in [2.24, 2.45) is 4.99 Å². The summed E-state index contributed by atoms with van der Waals surface area (Å²) in [5, 5.41) is 0. The summed E-state index contributed by atoms with van der Waals surface area (Å²) < 4.78 is 0. The van der Waals surface area contributed by atoms with Gasteiger partial charge in [-0.25, -0.2) is 12.1 Å². The normalized spacial score (nSPS) is 12.7. The summed E-state index contributed by atoms with van der Waals surface area (Å²) >= 11 is 0. The second-order valence-electron chi connectivity index (χ2n) is 5.00. The molecule has 102 valence electrons. The molecule has 0 N–H and O–H groups in total. The van der Waals surface area contributed by atoms with Crippen LogP contribution in [0.2, 0.25) is 0 Å². The van der Waals surface area contributed by atoms with Gasteiger partial charge in [0.1, 0.15) is 0 Å². The predicted octanol–water partition coefficient (Wildman–Crippen LogP) is 4.88. The topological polar surface area (TPSA) is 12.4 Å². The van der Waals surface area contributed by atoms with Crippen molar-refractivity contribution < 1.29 is 26.2 Å². The Balaban J connectivity index is 0.000000208. The third-order valence-corrected chi connectivity index (χ3v) is 3.67. The summed E-state index contributed by atoms with van der Waals surface area (Å²) in [4.78, 5) is 4.68. The van der Waals surface area contributed by atoms with Gasteiger partial charge in [0, 0.05) is 5.71 Å². The van der Waals surface area contributed by atoms with Gasteiger partial charge in [-0.05, 0) is 17.2 Å². The first kappa shape index (κ1) is 15.0. The molecule has 0 unspecified atom stereocenters. The SMILES string of the molecule is [Zr+2].[c-]1cccc2c1C=C1C2=Nc2ccccc21.c1cc[cH-]c1. The van der Waals surface area contributed by atoms with E-state index in [1.807, 2.05) is 48.5 Å². The van der Waals surface area contributed by atoms with Gasteiger partial charge in [0.25, 0.3) is 0 Å². The van der Waals surface area contributed by atoms with Crippen LogP contribution in [0.25, 0.3) is 11.6 Å². The summed E-state index contributed by atoms with van der Waals surface area (Å²) in [5.41, 5.74) is 7.03. The molecule has 0 saturated carbocycles. The average molecular weight is 359 g/mol. The van der Waals surface area contributed by atoms with E-state index < -0.39 is 0 Å². The molecular weight excluding hydrogens is 345 g/mol. The Morgan fingerprint density at radius 1 is 0.864 bits per heavy atom. The maximum absolute atomic E-state index is 4.68. The predicted molar refractivity (Wildman–Crippen MR) is 87.8 cm³/mol. The average Bonchev–Trinajstić information content (AvgIpc) is 3.25. The van der Waals surface area contributed by atoms with Crippen LogP contribution in [0.3, 0.4) is 0 Å². The third kappa shape index (κ3) is 2.60. The zero-order chi connectivity index (χ0) is 14.1. The van der Waals surface area contributed by atoms with Crippen molar-refractivity contribution in [2.75, 3.05) is 0 Å². The first-order chi connectivity index (χ1) is 10.4. The number of para-hydroxylation sites is 1. The first-order valence-electron chi connectivity index (χ1n) is 7.01. The van der Waals surface area contributed by atoms with E-state index in [1.54, 1.807) is 0 Å². The fourth-order valence-corrected chi connectivity index (χ4v) is 2.70. The van der Waals surface area contributed by atoms with Gasteiger partial charge in [-0.15, -0.1) is 35.9 Å². The van der Waals surface area contributed by atoms with Crippen molar-refractivity contribution >= 4 is 23.0 Å². The van der Waals surface area contributed by atoms with Gasteiger partial charge in [0.05, 0.1) is 5.69 Å². The number of allylic oxidation sites excluding steroid dienone is 1. The molecule has 2 heteroatoms. The molecule has 3 aromatic rings. The van der Waals surface area contributed by atoms with Crippen molar-refractivity contribution in [3.8, 4) is 0 Å². The molecule has 1 heterocycles. The number of benzene rings is 2. The van der Waals surface area contributed by atoms with Gasteiger partial charge < -0.3 is 0 Å². The zero-order valence-corrected chi connectivity index (χ0v) is 14.4. The van der Waals surface area contributed by atoms with Gasteiger partial charge in [0.15, 0.2) is 0 Å². The van der Waals surface area contributed by atoms with E-state index in [2.05, 4.69) is 41.4 Å². The van der Waals surface area contributed by atoms with Crippen molar-refractivity contribution in [3.63, 3.8) is 0 Å². The smallest absolute Gasteiger partial charge is 0.258 e. The van der Waals surface area contributed by atoms with E-state index in [1.165, 1.54) is 16.7 Å². The molecule has 5 rings (SSSR count). The standard InChI is InChI=1S/C15H8N.C5H5.Zr/c1-2-6-11-10(5-1)9-13-12-7-3-4-8-14(12)16-15(11)13;1-2-4-5-3-1;/h1-4,6-9H;1-5H;/q2*-1;+2. The summed E-state index contributed by atoms with van der Waals surface area (Å²) in [6.07, 6.45) is 2.18. The van der Waals surface area contributed by atoms with Crippen molar-refractivity contribution in [1.82, 2.24) is 0 Å². The van der Waals surface area contributed by atoms with Crippen LogP contribution in [0.5, 0.6) is 0 Å². The summed E-state index contributed by atoms with van der Waals surface area (Å²) in [6, 6.07) is 27.6. The quantitative estimate of drug-likeness (QED) is 0.508. The molecule has 0 radical (unpaired) electrons. The van der Waals surface area contributed by atoms with Gasteiger partial charge in [-0.3, -0.25) is 4.99 Å². The zero-order valence-electron chi connectivity index (χ0n) is 12.0. The Bertz CT molecular complexity index is 765. The van der Waals surface area contributed by atoms with E-state index in [0.717, 1.165) is 17.0 Å². The molecule has 0 atom stereocenters. The van der Waals surface area contributed by atoms with Gasteiger partial charge in [0.2, 0.25) is 0 Å². The van der Waals surface area contributed by atoms with Crippen LogP contribution in [0.15, 0.2) is 77.8 Å². The van der Waals surface area contributed by atoms with Gasteiger partial charge in [-0.1, -0.05) is 23.8 Å². The van der Waals surface area contributed by atoms with Crippen LogP contribution in [-0.2, 0) is 26.2 Å².